The second-order valence-electron chi connectivity index (χ2n) is 9.37. The molecule has 3 aromatic rings. The van der Waals surface area contributed by atoms with E-state index < -0.39 is 24.9 Å². The summed E-state index contributed by atoms with van der Waals surface area (Å²) >= 11 is 0. The average molecular weight is 604 g/mol. The first kappa shape index (κ1) is 31.1. The van der Waals surface area contributed by atoms with Crippen molar-refractivity contribution in [3.63, 3.8) is 0 Å². The smallest absolute Gasteiger partial charge is 0.422 e. The summed E-state index contributed by atoms with van der Waals surface area (Å²) in [6, 6.07) is 13.0. The highest BCUT2D eigenvalue weighted by atomic mass is 19.4. The van der Waals surface area contributed by atoms with E-state index in [4.69, 9.17) is 14.2 Å². The Labute approximate surface area is 246 Å². The number of alkyl halides is 3. The quantitative estimate of drug-likeness (QED) is 0.391. The molecule has 4 aliphatic rings. The average Bonchev–Trinajstić information content (AvgIpc) is 2.98. The van der Waals surface area contributed by atoms with Crippen LogP contribution >= 0.6 is 0 Å². The number of carbonyl (C=O) groups excluding carboxylic acids is 2. The Kier molecular flexibility index (Phi) is 10.8. The highest BCUT2D eigenvalue weighted by Crippen LogP contribution is 2.21. The van der Waals surface area contributed by atoms with Crippen molar-refractivity contribution in [1.82, 2.24) is 25.2 Å². The van der Waals surface area contributed by atoms with Crippen LogP contribution in [0.15, 0.2) is 48.5 Å². The number of hydrogen-bond donors (Lipinski definition) is 3. The van der Waals surface area contributed by atoms with Crippen molar-refractivity contribution in [2.45, 2.75) is 32.5 Å². The van der Waals surface area contributed by atoms with Gasteiger partial charge < -0.3 is 35.1 Å². The largest absolute Gasteiger partial charge is 0.492 e. The Bertz CT molecular complexity index is 1360. The number of nitrogens with zero attached hydrogens (tertiary/aromatic N) is 4. The predicted molar refractivity (Wildman–Crippen MR) is 151 cm³/mol. The van der Waals surface area contributed by atoms with Crippen LogP contribution < -0.4 is 25.4 Å². The van der Waals surface area contributed by atoms with Crippen LogP contribution in [-0.4, -0.2) is 77.5 Å². The molecule has 0 aliphatic carbocycles. The molecule has 0 saturated heterocycles. The number of benzene rings is 2. The van der Waals surface area contributed by atoms with Crippen molar-refractivity contribution in [3.05, 3.63) is 59.7 Å². The van der Waals surface area contributed by atoms with Gasteiger partial charge in [0, 0.05) is 30.9 Å². The van der Waals surface area contributed by atoms with Gasteiger partial charge >= 0.3 is 18.3 Å². The molecule has 2 aromatic carbocycles. The predicted octanol–water partition coefficient (Wildman–Crippen LogP) is 4.53. The zero-order valence-electron chi connectivity index (χ0n) is 23.4. The van der Waals surface area contributed by atoms with Gasteiger partial charge in [0.1, 0.15) is 12.4 Å². The number of ether oxygens (including phenoxy) is 3. The number of aromatic nitrogens is 3. The lowest BCUT2D eigenvalue weighted by Crippen LogP contribution is -2.36. The highest BCUT2D eigenvalue weighted by molar-refractivity contribution is 5.94. The van der Waals surface area contributed by atoms with Crippen molar-refractivity contribution >= 4 is 29.6 Å². The van der Waals surface area contributed by atoms with E-state index in [1.54, 1.807) is 60.4 Å². The topological polar surface area (TPSA) is 140 Å². The molecule has 230 valence electrons. The Hall–Kier alpha value is -4.82. The minimum absolute atomic E-state index is 0.0143. The molecule has 43 heavy (non-hydrogen) atoms. The van der Waals surface area contributed by atoms with Gasteiger partial charge in [0.15, 0.2) is 6.61 Å². The van der Waals surface area contributed by atoms with E-state index in [-0.39, 0.29) is 37.6 Å². The summed E-state index contributed by atoms with van der Waals surface area (Å²) in [7, 11) is 0. The maximum Gasteiger partial charge on any atom is 0.422 e. The third-order valence-electron chi connectivity index (χ3n) is 6.05. The van der Waals surface area contributed by atoms with E-state index in [9.17, 15) is 22.8 Å². The molecule has 0 fully saturated rings. The van der Waals surface area contributed by atoms with Gasteiger partial charge in [-0.15, -0.1) is 0 Å². The van der Waals surface area contributed by atoms with E-state index in [1.807, 2.05) is 0 Å². The minimum atomic E-state index is -4.58. The number of carbonyl (C=O) groups is 2. The normalized spacial score (nSPS) is 14.9. The molecule has 0 unspecified atom stereocenters. The van der Waals surface area contributed by atoms with Crippen molar-refractivity contribution in [1.29, 1.82) is 0 Å². The number of anilines is 3. The van der Waals surface area contributed by atoms with Gasteiger partial charge in [0.25, 0.3) is 5.91 Å². The minimum Gasteiger partial charge on any atom is -0.492 e. The van der Waals surface area contributed by atoms with E-state index in [0.29, 0.717) is 49.5 Å². The summed E-state index contributed by atoms with van der Waals surface area (Å²) in [4.78, 5) is 38.7. The fourth-order valence-electron chi connectivity index (χ4n) is 3.94. The molecule has 5 heterocycles. The molecule has 7 rings (SSSR count). The van der Waals surface area contributed by atoms with Crippen molar-refractivity contribution in [2.75, 3.05) is 50.1 Å². The van der Waals surface area contributed by atoms with E-state index >= 15 is 0 Å². The van der Waals surface area contributed by atoms with Crippen LogP contribution in [0.1, 0.15) is 35.7 Å². The molecule has 12 nitrogen and oxygen atoms in total. The molecule has 0 saturated carbocycles. The van der Waals surface area contributed by atoms with Crippen LogP contribution in [0.3, 0.4) is 0 Å². The van der Waals surface area contributed by atoms with Crippen LogP contribution in [-0.2, 0) is 11.3 Å². The second-order valence-corrected chi connectivity index (χ2v) is 9.37. The molecule has 4 aliphatic heterocycles. The van der Waals surface area contributed by atoms with Crippen LogP contribution in [0.4, 0.5) is 35.5 Å². The zero-order valence-corrected chi connectivity index (χ0v) is 23.4. The molecule has 3 N–H and O–H groups in total. The lowest BCUT2D eigenvalue weighted by Gasteiger charge is -2.22. The Balaban J connectivity index is 1.54. The third kappa shape index (κ3) is 10.2. The van der Waals surface area contributed by atoms with Gasteiger partial charge in [-0.2, -0.15) is 28.1 Å². The van der Waals surface area contributed by atoms with Gasteiger partial charge in [-0.25, -0.2) is 4.79 Å². The summed E-state index contributed by atoms with van der Waals surface area (Å²) in [5, 5.41) is 8.71. The lowest BCUT2D eigenvalue weighted by atomic mass is 10.2. The second kappa shape index (κ2) is 14.9. The number of amides is 2. The van der Waals surface area contributed by atoms with Gasteiger partial charge in [-0.1, -0.05) is 12.1 Å². The zero-order chi connectivity index (χ0) is 30.7. The van der Waals surface area contributed by atoms with E-state index in [1.165, 1.54) is 0 Å². The lowest BCUT2D eigenvalue weighted by molar-refractivity contribution is -0.154. The number of halogens is 3. The highest BCUT2D eigenvalue weighted by Gasteiger charge is 2.29. The van der Waals surface area contributed by atoms with Crippen molar-refractivity contribution in [2.24, 2.45) is 0 Å². The maximum absolute atomic E-state index is 12.8. The maximum atomic E-state index is 12.8. The Morgan fingerprint density at radius 1 is 0.977 bits per heavy atom. The van der Waals surface area contributed by atoms with Crippen LogP contribution in [0.25, 0.3) is 0 Å². The Morgan fingerprint density at radius 2 is 1.72 bits per heavy atom. The monoisotopic (exact) mass is 603 g/mol. The fraction of sp³-hybridized carbons (Fsp3) is 0.393. The SMILES string of the molecule is CCOC(=O)N1CCCCNC(=O)c2ccc(cc2)Nc2nc(nc(OCC(F)(F)F)n2)NCc2ccc(cc2)OCC1. The van der Waals surface area contributed by atoms with E-state index in [2.05, 4.69) is 30.9 Å². The molecular weight excluding hydrogens is 571 g/mol. The molecule has 15 heteroatoms. The summed E-state index contributed by atoms with van der Waals surface area (Å²) in [5.74, 6) is 0.239. The summed E-state index contributed by atoms with van der Waals surface area (Å²) in [6.45, 7) is 2.07. The molecule has 1 aromatic heterocycles. The van der Waals surface area contributed by atoms with Gasteiger partial charge in [-0.3, -0.25) is 4.79 Å². The molecular formula is C28H32F3N7O5. The van der Waals surface area contributed by atoms with Crippen molar-refractivity contribution < 1.29 is 37.0 Å². The third-order valence-corrected chi connectivity index (χ3v) is 6.05. The van der Waals surface area contributed by atoms with Gasteiger partial charge in [-0.05, 0) is 61.7 Å². The standard InChI is InChI=1S/C28H32F3N7O5/c1-2-41-27(40)38-14-4-3-13-32-23(39)20-7-9-21(10-8-20)34-25-35-24(36-26(37-25)43-18-28(29,30)31)33-17-19-5-11-22(12-6-19)42-16-15-38/h5-12H,2-4,13-18H2,1H3,(H,32,39)(H2,33,34,35,36,37). The first-order valence-corrected chi connectivity index (χ1v) is 13.7. The molecule has 0 atom stereocenters. The number of hydrogen-bond acceptors (Lipinski definition) is 10. The van der Waals surface area contributed by atoms with Crippen LogP contribution in [0, 0.1) is 0 Å². The number of nitrogens with one attached hydrogen (secondary N) is 3. The number of rotatable bonds is 3. The molecule has 2 amide bonds. The van der Waals surface area contributed by atoms with Crippen molar-refractivity contribution in [3.8, 4) is 11.8 Å². The van der Waals surface area contributed by atoms with Crippen LogP contribution in [0.2, 0.25) is 0 Å². The molecule has 0 spiro atoms. The van der Waals surface area contributed by atoms with Crippen LogP contribution in [0.5, 0.6) is 11.8 Å². The first-order chi connectivity index (χ1) is 20.7. The first-order valence-electron chi connectivity index (χ1n) is 13.7. The summed E-state index contributed by atoms with van der Waals surface area (Å²) < 4.78 is 54.0. The molecule has 0 radical (unpaired) electrons. The van der Waals surface area contributed by atoms with E-state index in [0.717, 1.165) is 5.56 Å². The van der Waals surface area contributed by atoms with Gasteiger partial charge in [0.05, 0.1) is 13.2 Å². The molecule has 6 bridgehead atoms. The Morgan fingerprint density at radius 3 is 2.44 bits per heavy atom. The van der Waals surface area contributed by atoms with Gasteiger partial charge in [0.2, 0.25) is 11.9 Å². The summed E-state index contributed by atoms with van der Waals surface area (Å²) in [5.41, 5.74) is 1.71. The summed E-state index contributed by atoms with van der Waals surface area (Å²) in [6.07, 6.45) is -3.73. The fourth-order valence-corrected chi connectivity index (χ4v) is 3.94.